The normalized spacial score (nSPS) is 11.6. The van der Waals surface area contributed by atoms with Crippen molar-refractivity contribution in [3.05, 3.63) is 106 Å². The Morgan fingerprint density at radius 3 is 2.33 bits per heavy atom. The molecule has 0 radical (unpaired) electrons. The number of hydrogen-bond donors (Lipinski definition) is 1. The highest BCUT2D eigenvalue weighted by Crippen LogP contribution is 2.20. The molecule has 3 aromatic rings. The highest BCUT2D eigenvalue weighted by molar-refractivity contribution is 7.99. The first-order chi connectivity index (χ1) is 16.0. The Kier molecular flexibility index (Phi) is 9.34. The Bertz CT molecular complexity index is 1060. The molecule has 0 unspecified atom stereocenters. The SMILES string of the molecule is CNC(=O)[C@H](Cc1ccccc1)N(Cc1ccc(F)cc1)C(=O)CSCc1cccc(Cl)c1. The van der Waals surface area contributed by atoms with Crippen molar-refractivity contribution in [3.63, 3.8) is 0 Å². The van der Waals surface area contributed by atoms with Crippen molar-refractivity contribution in [1.29, 1.82) is 0 Å². The standard InChI is InChI=1S/C26H26ClFN2O2S/c1-29-26(32)24(15-19-6-3-2-4-7-19)30(16-20-10-12-23(28)13-11-20)25(31)18-33-17-21-8-5-9-22(27)14-21/h2-14,24H,15-18H2,1H3,(H,29,32)/t24-/m0/s1. The molecule has 0 aliphatic carbocycles. The molecule has 0 fully saturated rings. The first kappa shape index (κ1) is 24.8. The quantitative estimate of drug-likeness (QED) is 0.435. The molecule has 0 bridgehead atoms. The van der Waals surface area contributed by atoms with Crippen LogP contribution >= 0.6 is 23.4 Å². The molecule has 33 heavy (non-hydrogen) atoms. The Balaban J connectivity index is 1.80. The van der Waals surface area contributed by atoms with Crippen LogP contribution < -0.4 is 5.32 Å². The fourth-order valence-corrected chi connectivity index (χ4v) is 4.54. The van der Waals surface area contributed by atoms with Crippen molar-refractivity contribution in [2.24, 2.45) is 0 Å². The Morgan fingerprint density at radius 2 is 1.67 bits per heavy atom. The molecule has 7 heteroatoms. The number of nitrogens with one attached hydrogen (secondary N) is 1. The van der Waals surface area contributed by atoms with Gasteiger partial charge < -0.3 is 10.2 Å². The van der Waals surface area contributed by atoms with Gasteiger partial charge in [-0.05, 0) is 41.0 Å². The van der Waals surface area contributed by atoms with Crippen LogP contribution in [0.3, 0.4) is 0 Å². The largest absolute Gasteiger partial charge is 0.357 e. The van der Waals surface area contributed by atoms with Crippen LogP contribution in [0.1, 0.15) is 16.7 Å². The van der Waals surface area contributed by atoms with Gasteiger partial charge in [-0.2, -0.15) is 0 Å². The second kappa shape index (κ2) is 12.4. The minimum Gasteiger partial charge on any atom is -0.357 e. The molecule has 1 atom stereocenters. The second-order valence-electron chi connectivity index (χ2n) is 7.59. The van der Waals surface area contributed by atoms with Gasteiger partial charge in [-0.15, -0.1) is 11.8 Å². The Labute approximate surface area is 203 Å². The van der Waals surface area contributed by atoms with Gasteiger partial charge in [-0.3, -0.25) is 9.59 Å². The number of carbonyl (C=O) groups excluding carboxylic acids is 2. The summed E-state index contributed by atoms with van der Waals surface area (Å²) in [6.45, 7) is 0.210. The molecule has 0 aromatic heterocycles. The molecule has 0 aliphatic rings. The van der Waals surface area contributed by atoms with Gasteiger partial charge in [-0.1, -0.05) is 66.2 Å². The van der Waals surface area contributed by atoms with E-state index in [1.807, 2.05) is 54.6 Å². The molecule has 0 saturated heterocycles. The van der Waals surface area contributed by atoms with Gasteiger partial charge in [0.05, 0.1) is 5.75 Å². The molecule has 0 spiro atoms. The highest BCUT2D eigenvalue weighted by Gasteiger charge is 2.29. The molecule has 0 aliphatic heterocycles. The molecular formula is C26H26ClFN2O2S. The number of benzene rings is 3. The van der Waals surface area contributed by atoms with Gasteiger partial charge in [-0.25, -0.2) is 4.39 Å². The molecule has 1 N–H and O–H groups in total. The lowest BCUT2D eigenvalue weighted by molar-refractivity contribution is -0.139. The predicted molar refractivity (Wildman–Crippen MR) is 133 cm³/mol. The third-order valence-corrected chi connectivity index (χ3v) is 6.39. The zero-order valence-electron chi connectivity index (χ0n) is 18.3. The van der Waals surface area contributed by atoms with E-state index >= 15 is 0 Å². The van der Waals surface area contributed by atoms with Gasteiger partial charge in [0.25, 0.3) is 0 Å². The smallest absolute Gasteiger partial charge is 0.242 e. The van der Waals surface area contributed by atoms with E-state index in [4.69, 9.17) is 11.6 Å². The summed E-state index contributed by atoms with van der Waals surface area (Å²) in [4.78, 5) is 27.8. The van der Waals surface area contributed by atoms with E-state index in [9.17, 15) is 14.0 Å². The van der Waals surface area contributed by atoms with E-state index in [-0.39, 0.29) is 29.9 Å². The first-order valence-electron chi connectivity index (χ1n) is 10.6. The average molecular weight is 485 g/mol. The zero-order chi connectivity index (χ0) is 23.6. The van der Waals surface area contributed by atoms with Gasteiger partial charge in [0.2, 0.25) is 11.8 Å². The highest BCUT2D eigenvalue weighted by atomic mass is 35.5. The van der Waals surface area contributed by atoms with Gasteiger partial charge in [0.15, 0.2) is 0 Å². The molecule has 2 amide bonds. The summed E-state index contributed by atoms with van der Waals surface area (Å²) >= 11 is 7.52. The van der Waals surface area contributed by atoms with E-state index in [2.05, 4.69) is 5.32 Å². The molecule has 172 valence electrons. The summed E-state index contributed by atoms with van der Waals surface area (Å²) in [6, 6.07) is 22.4. The van der Waals surface area contributed by atoms with Crippen molar-refractivity contribution in [1.82, 2.24) is 10.2 Å². The topological polar surface area (TPSA) is 49.4 Å². The summed E-state index contributed by atoms with van der Waals surface area (Å²) in [5, 5.41) is 3.34. The molecular weight excluding hydrogens is 459 g/mol. The van der Waals surface area contributed by atoms with Crippen LogP contribution in [0.4, 0.5) is 4.39 Å². The van der Waals surface area contributed by atoms with Gasteiger partial charge >= 0.3 is 0 Å². The van der Waals surface area contributed by atoms with Crippen LogP contribution in [0.5, 0.6) is 0 Å². The van der Waals surface area contributed by atoms with Gasteiger partial charge in [0.1, 0.15) is 11.9 Å². The van der Waals surface area contributed by atoms with Crippen molar-refractivity contribution in [2.75, 3.05) is 12.8 Å². The first-order valence-corrected chi connectivity index (χ1v) is 12.1. The maximum absolute atomic E-state index is 13.4. The van der Waals surface area contributed by atoms with Crippen molar-refractivity contribution in [2.45, 2.75) is 24.8 Å². The van der Waals surface area contributed by atoms with Crippen LogP contribution in [-0.2, 0) is 28.3 Å². The summed E-state index contributed by atoms with van der Waals surface area (Å²) in [5.41, 5.74) is 2.73. The number of thioether (sulfide) groups is 1. The zero-order valence-corrected chi connectivity index (χ0v) is 19.9. The lowest BCUT2D eigenvalue weighted by Crippen LogP contribution is -2.50. The summed E-state index contributed by atoms with van der Waals surface area (Å²) in [7, 11) is 1.56. The average Bonchev–Trinajstić information content (AvgIpc) is 2.82. The van der Waals surface area contributed by atoms with E-state index in [1.165, 1.54) is 23.9 Å². The molecule has 0 heterocycles. The Hall–Kier alpha value is -2.83. The van der Waals surface area contributed by atoms with Crippen molar-refractivity contribution < 1.29 is 14.0 Å². The lowest BCUT2D eigenvalue weighted by Gasteiger charge is -2.31. The van der Waals surface area contributed by atoms with E-state index in [0.717, 1.165) is 16.7 Å². The fraction of sp³-hybridized carbons (Fsp3) is 0.231. The number of carbonyl (C=O) groups is 2. The van der Waals surface area contributed by atoms with E-state index in [1.54, 1.807) is 24.1 Å². The van der Waals surface area contributed by atoms with Crippen LogP contribution in [0.2, 0.25) is 5.02 Å². The number of hydrogen-bond acceptors (Lipinski definition) is 3. The lowest BCUT2D eigenvalue weighted by atomic mass is 10.0. The number of likely N-dealkylation sites (N-methyl/N-ethyl adjacent to an activating group) is 1. The minimum absolute atomic E-state index is 0.157. The second-order valence-corrected chi connectivity index (χ2v) is 9.01. The molecule has 3 rings (SSSR count). The monoisotopic (exact) mass is 484 g/mol. The van der Waals surface area contributed by atoms with Crippen LogP contribution in [0.15, 0.2) is 78.9 Å². The van der Waals surface area contributed by atoms with Crippen molar-refractivity contribution in [3.8, 4) is 0 Å². The summed E-state index contributed by atoms with van der Waals surface area (Å²) in [5.74, 6) is 0.0848. The maximum atomic E-state index is 13.4. The maximum Gasteiger partial charge on any atom is 0.242 e. The Morgan fingerprint density at radius 1 is 0.970 bits per heavy atom. The molecule has 3 aromatic carbocycles. The van der Waals surface area contributed by atoms with E-state index < -0.39 is 6.04 Å². The van der Waals surface area contributed by atoms with Crippen LogP contribution in [-0.4, -0.2) is 35.6 Å². The predicted octanol–water partition coefficient (Wildman–Crippen LogP) is 5.10. The fourth-order valence-electron chi connectivity index (χ4n) is 3.47. The number of rotatable bonds is 10. The third-order valence-electron chi connectivity index (χ3n) is 5.17. The molecule has 4 nitrogen and oxygen atoms in total. The van der Waals surface area contributed by atoms with Gasteiger partial charge in [0, 0.05) is 30.8 Å². The van der Waals surface area contributed by atoms with Crippen LogP contribution in [0, 0.1) is 5.82 Å². The summed E-state index contributed by atoms with van der Waals surface area (Å²) < 4.78 is 13.4. The third kappa shape index (κ3) is 7.62. The summed E-state index contributed by atoms with van der Waals surface area (Å²) in [6.07, 6.45) is 0.381. The number of halogens is 2. The number of amides is 2. The molecule has 0 saturated carbocycles. The number of nitrogens with zero attached hydrogens (tertiary/aromatic N) is 1. The van der Waals surface area contributed by atoms with Crippen LogP contribution in [0.25, 0.3) is 0 Å². The van der Waals surface area contributed by atoms with E-state index in [0.29, 0.717) is 17.2 Å². The minimum atomic E-state index is -0.693. The van der Waals surface area contributed by atoms with Crippen molar-refractivity contribution >= 4 is 35.2 Å².